The van der Waals surface area contributed by atoms with E-state index < -0.39 is 5.92 Å². The van der Waals surface area contributed by atoms with Crippen LogP contribution in [-0.2, 0) is 9.59 Å². The van der Waals surface area contributed by atoms with Crippen molar-refractivity contribution >= 4 is 34.1 Å². The van der Waals surface area contributed by atoms with E-state index in [-0.39, 0.29) is 25.0 Å². The van der Waals surface area contributed by atoms with Crippen molar-refractivity contribution in [2.24, 2.45) is 5.92 Å². The number of fused-ring (bicyclic) bond motifs is 2. The lowest BCUT2D eigenvalue weighted by Gasteiger charge is -2.17. The summed E-state index contributed by atoms with van der Waals surface area (Å²) in [5.74, 6) is 0.651. The van der Waals surface area contributed by atoms with Gasteiger partial charge >= 0.3 is 0 Å². The van der Waals surface area contributed by atoms with Gasteiger partial charge in [-0.3, -0.25) is 9.59 Å². The van der Waals surface area contributed by atoms with Crippen LogP contribution in [0.2, 0.25) is 0 Å². The highest BCUT2D eigenvalue weighted by Gasteiger charge is 2.35. The number of aromatic nitrogens is 1. The number of rotatable bonds is 3. The summed E-state index contributed by atoms with van der Waals surface area (Å²) >= 11 is 0. The number of hydrogen-bond acceptors (Lipinski definition) is 4. The van der Waals surface area contributed by atoms with Gasteiger partial charge in [0, 0.05) is 41.8 Å². The molecule has 2 aromatic carbocycles. The molecule has 2 amide bonds. The molecule has 7 heteroatoms. The summed E-state index contributed by atoms with van der Waals surface area (Å²) in [5, 5.41) is 3.91. The van der Waals surface area contributed by atoms with Crippen molar-refractivity contribution in [2.75, 3.05) is 23.6 Å². The Kier molecular flexibility index (Phi) is 3.53. The highest BCUT2D eigenvalue weighted by molar-refractivity contribution is 6.06. The smallest absolute Gasteiger partial charge is 0.231 e. The Balaban J connectivity index is 1.34. The SMILES string of the molecule is O=C(Nc1cccc2[nH]ccc12)C1CC(=O)N(c2ccc3c(c2)OCO3)C1. The van der Waals surface area contributed by atoms with E-state index in [1.54, 1.807) is 17.0 Å². The van der Waals surface area contributed by atoms with Crippen LogP contribution in [0.4, 0.5) is 11.4 Å². The third kappa shape index (κ3) is 2.68. The minimum absolute atomic E-state index is 0.0751. The van der Waals surface area contributed by atoms with Crippen LogP contribution in [0, 0.1) is 5.92 Å². The van der Waals surface area contributed by atoms with Crippen molar-refractivity contribution in [3.63, 3.8) is 0 Å². The first-order chi connectivity index (χ1) is 13.2. The zero-order valence-corrected chi connectivity index (χ0v) is 14.4. The van der Waals surface area contributed by atoms with Crippen LogP contribution in [0.15, 0.2) is 48.7 Å². The van der Waals surface area contributed by atoms with Gasteiger partial charge in [-0.15, -0.1) is 0 Å². The number of amides is 2. The van der Waals surface area contributed by atoms with Crippen molar-refractivity contribution < 1.29 is 19.1 Å². The Morgan fingerprint density at radius 3 is 2.96 bits per heavy atom. The molecule has 136 valence electrons. The molecule has 3 heterocycles. The maximum absolute atomic E-state index is 12.7. The van der Waals surface area contributed by atoms with Crippen molar-refractivity contribution in [1.82, 2.24) is 4.98 Å². The van der Waals surface area contributed by atoms with Crippen molar-refractivity contribution in [3.05, 3.63) is 48.7 Å². The van der Waals surface area contributed by atoms with Gasteiger partial charge < -0.3 is 24.7 Å². The fourth-order valence-corrected chi connectivity index (χ4v) is 3.62. The summed E-state index contributed by atoms with van der Waals surface area (Å²) in [7, 11) is 0. The summed E-state index contributed by atoms with van der Waals surface area (Å²) in [6.07, 6.45) is 2.02. The van der Waals surface area contributed by atoms with Gasteiger partial charge in [-0.05, 0) is 30.3 Å². The molecule has 1 atom stereocenters. The normalized spacial score (nSPS) is 18.3. The number of carbonyl (C=O) groups excluding carboxylic acids is 2. The molecule has 0 radical (unpaired) electrons. The van der Waals surface area contributed by atoms with Crippen LogP contribution in [0.3, 0.4) is 0 Å². The third-order valence-corrected chi connectivity index (χ3v) is 5.02. The Morgan fingerprint density at radius 2 is 2.04 bits per heavy atom. The van der Waals surface area contributed by atoms with Crippen molar-refractivity contribution in [1.29, 1.82) is 0 Å². The molecule has 0 bridgehead atoms. The molecule has 1 aromatic heterocycles. The number of aromatic amines is 1. The van der Waals surface area contributed by atoms with Crippen LogP contribution >= 0.6 is 0 Å². The summed E-state index contributed by atoms with van der Waals surface area (Å²) in [5.41, 5.74) is 2.41. The average molecular weight is 363 g/mol. The maximum atomic E-state index is 12.7. The number of nitrogens with zero attached hydrogens (tertiary/aromatic N) is 1. The quantitative estimate of drug-likeness (QED) is 0.749. The van der Waals surface area contributed by atoms with E-state index in [1.807, 2.05) is 36.5 Å². The van der Waals surface area contributed by atoms with E-state index in [4.69, 9.17) is 9.47 Å². The molecule has 1 fully saturated rings. The second kappa shape index (κ2) is 6.05. The molecule has 1 unspecified atom stereocenters. The zero-order chi connectivity index (χ0) is 18.4. The van der Waals surface area contributed by atoms with Gasteiger partial charge in [-0.1, -0.05) is 6.07 Å². The first-order valence-corrected chi connectivity index (χ1v) is 8.76. The first kappa shape index (κ1) is 15.7. The average Bonchev–Trinajstić information content (AvgIpc) is 3.40. The highest BCUT2D eigenvalue weighted by atomic mass is 16.7. The lowest BCUT2D eigenvalue weighted by Crippen LogP contribution is -2.28. The molecule has 3 aromatic rings. The summed E-state index contributed by atoms with van der Waals surface area (Å²) in [4.78, 5) is 30.0. The van der Waals surface area contributed by atoms with Crippen LogP contribution in [0.1, 0.15) is 6.42 Å². The number of H-pyrrole nitrogens is 1. The number of hydrogen-bond donors (Lipinski definition) is 2. The Morgan fingerprint density at radius 1 is 1.15 bits per heavy atom. The molecule has 2 aliphatic rings. The lowest BCUT2D eigenvalue weighted by molar-refractivity contribution is -0.122. The minimum Gasteiger partial charge on any atom is -0.454 e. The fraction of sp³-hybridized carbons (Fsp3) is 0.200. The topological polar surface area (TPSA) is 83.7 Å². The van der Waals surface area contributed by atoms with E-state index in [0.717, 1.165) is 16.6 Å². The minimum atomic E-state index is -0.405. The van der Waals surface area contributed by atoms with Gasteiger partial charge in [0.15, 0.2) is 11.5 Å². The largest absolute Gasteiger partial charge is 0.454 e. The number of nitrogens with one attached hydrogen (secondary N) is 2. The van der Waals surface area contributed by atoms with Crippen LogP contribution in [0.5, 0.6) is 11.5 Å². The maximum Gasteiger partial charge on any atom is 0.231 e. The number of benzene rings is 2. The second-order valence-corrected chi connectivity index (χ2v) is 6.68. The predicted octanol–water partition coefficient (Wildman–Crippen LogP) is 2.89. The molecule has 2 aliphatic heterocycles. The summed E-state index contributed by atoms with van der Waals surface area (Å²) in [6, 6.07) is 13.0. The Labute approximate surface area is 154 Å². The fourth-order valence-electron chi connectivity index (χ4n) is 3.62. The second-order valence-electron chi connectivity index (χ2n) is 6.68. The third-order valence-electron chi connectivity index (χ3n) is 5.02. The monoisotopic (exact) mass is 363 g/mol. The van der Waals surface area contributed by atoms with Gasteiger partial charge in [-0.2, -0.15) is 0 Å². The molecule has 5 rings (SSSR count). The van der Waals surface area contributed by atoms with Crippen LogP contribution in [0.25, 0.3) is 10.9 Å². The summed E-state index contributed by atoms with van der Waals surface area (Å²) in [6.45, 7) is 0.524. The van der Waals surface area contributed by atoms with Crippen molar-refractivity contribution in [2.45, 2.75) is 6.42 Å². The molecule has 0 aliphatic carbocycles. The van der Waals surface area contributed by atoms with Gasteiger partial charge in [0.25, 0.3) is 0 Å². The molecule has 0 saturated carbocycles. The molecule has 1 saturated heterocycles. The molecular formula is C20H17N3O4. The number of ether oxygens (including phenoxy) is 2. The molecular weight excluding hydrogens is 346 g/mol. The standard InChI is InChI=1S/C20H17N3O4/c24-19-8-12(10-23(19)13-4-5-17-18(9-13)27-11-26-17)20(25)22-16-3-1-2-15-14(16)6-7-21-15/h1-7,9,12,21H,8,10-11H2,(H,22,25). The number of carbonyl (C=O) groups is 2. The lowest BCUT2D eigenvalue weighted by atomic mass is 10.1. The highest BCUT2D eigenvalue weighted by Crippen LogP contribution is 2.37. The zero-order valence-electron chi connectivity index (χ0n) is 14.4. The van der Waals surface area contributed by atoms with E-state index in [1.165, 1.54) is 0 Å². The van der Waals surface area contributed by atoms with Crippen LogP contribution < -0.4 is 19.7 Å². The predicted molar refractivity (Wildman–Crippen MR) is 100.0 cm³/mol. The molecule has 7 nitrogen and oxygen atoms in total. The Hall–Kier alpha value is -3.48. The number of anilines is 2. The van der Waals surface area contributed by atoms with Gasteiger partial charge in [-0.25, -0.2) is 0 Å². The summed E-state index contributed by atoms with van der Waals surface area (Å²) < 4.78 is 10.7. The van der Waals surface area contributed by atoms with E-state index in [2.05, 4.69) is 10.3 Å². The van der Waals surface area contributed by atoms with Gasteiger partial charge in [0.2, 0.25) is 18.6 Å². The van der Waals surface area contributed by atoms with Gasteiger partial charge in [0.1, 0.15) is 0 Å². The molecule has 2 N–H and O–H groups in total. The van der Waals surface area contributed by atoms with E-state index >= 15 is 0 Å². The van der Waals surface area contributed by atoms with Gasteiger partial charge in [0.05, 0.1) is 11.6 Å². The van der Waals surface area contributed by atoms with Crippen molar-refractivity contribution in [3.8, 4) is 11.5 Å². The molecule has 27 heavy (non-hydrogen) atoms. The Bertz CT molecular complexity index is 1060. The first-order valence-electron chi connectivity index (χ1n) is 8.76. The van der Waals surface area contributed by atoms with Crippen LogP contribution in [-0.4, -0.2) is 30.1 Å². The van der Waals surface area contributed by atoms with E-state index in [0.29, 0.717) is 23.7 Å². The van der Waals surface area contributed by atoms with E-state index in [9.17, 15) is 9.59 Å². The molecule has 0 spiro atoms.